The zero-order chi connectivity index (χ0) is 21.8. The van der Waals surface area contributed by atoms with Crippen molar-refractivity contribution in [3.63, 3.8) is 0 Å². The maximum absolute atomic E-state index is 10.2. The molecule has 4 nitrogen and oxygen atoms in total. The van der Waals surface area contributed by atoms with Gasteiger partial charge in [0.15, 0.2) is 4.93 Å². The van der Waals surface area contributed by atoms with Crippen LogP contribution in [-0.2, 0) is 6.42 Å². The van der Waals surface area contributed by atoms with Crippen LogP contribution in [0.5, 0.6) is 11.5 Å². The van der Waals surface area contributed by atoms with Crippen molar-refractivity contribution >= 4 is 24.2 Å². The molecule has 0 saturated carbocycles. The first-order valence-corrected chi connectivity index (χ1v) is 12.5. The lowest BCUT2D eigenvalue weighted by atomic mass is 10.0. The minimum absolute atomic E-state index is 0. The van der Waals surface area contributed by atoms with Crippen LogP contribution in [-0.4, -0.2) is 34.3 Å². The Balaban J connectivity index is 0.00000289. The van der Waals surface area contributed by atoms with Crippen LogP contribution in [0.25, 0.3) is 0 Å². The van der Waals surface area contributed by atoms with Gasteiger partial charge in [0.25, 0.3) is 0 Å². The van der Waals surface area contributed by atoms with Gasteiger partial charge in [-0.15, -0.1) is 12.4 Å². The molecule has 1 N–H and O–H groups in total. The zero-order valence-corrected chi connectivity index (χ0v) is 21.0. The third-order valence-electron chi connectivity index (χ3n) is 6.83. The summed E-state index contributed by atoms with van der Waals surface area (Å²) in [6.07, 6.45) is 6.28. The van der Waals surface area contributed by atoms with Gasteiger partial charge in [-0.1, -0.05) is 43.8 Å². The maximum Gasteiger partial charge on any atom is 0.158 e. The summed E-state index contributed by atoms with van der Waals surface area (Å²) in [5, 5.41) is 10.2. The number of likely N-dealkylation sites (tertiary alicyclic amines) is 1. The molecule has 2 atom stereocenters. The lowest BCUT2D eigenvalue weighted by Gasteiger charge is -2.28. The molecule has 0 aromatic heterocycles. The Kier molecular flexibility index (Phi) is 8.79. The number of hydrogen-bond donors (Lipinski definition) is 1. The molecule has 6 heteroatoms. The molecule has 0 bridgehead atoms. The van der Waals surface area contributed by atoms with E-state index in [1.54, 1.807) is 0 Å². The SMILES string of the molecule is CCOc1ccc(CCC2CCC(c3ccc4c(c3)SC(CC)(CC)O4)N2CO)cc1.Cl. The molecule has 4 rings (SSSR count). The Morgan fingerprint density at radius 1 is 1.09 bits per heavy atom. The van der Waals surface area contributed by atoms with Gasteiger partial charge in [0.2, 0.25) is 0 Å². The minimum atomic E-state index is -0.118. The van der Waals surface area contributed by atoms with Crippen LogP contribution in [0.4, 0.5) is 0 Å². The highest BCUT2D eigenvalue weighted by atomic mass is 35.5. The molecule has 2 heterocycles. The first-order valence-electron chi connectivity index (χ1n) is 11.7. The Labute approximate surface area is 203 Å². The molecule has 2 aromatic carbocycles. The van der Waals surface area contributed by atoms with Crippen LogP contribution in [0.15, 0.2) is 47.4 Å². The van der Waals surface area contributed by atoms with Gasteiger partial charge in [-0.3, -0.25) is 4.90 Å². The van der Waals surface area contributed by atoms with E-state index in [9.17, 15) is 5.11 Å². The van der Waals surface area contributed by atoms with Crippen molar-refractivity contribution < 1.29 is 14.6 Å². The van der Waals surface area contributed by atoms with Gasteiger partial charge in [-0.05, 0) is 80.8 Å². The molecule has 2 aliphatic heterocycles. The number of thioether (sulfide) groups is 1. The molecule has 2 unspecified atom stereocenters. The molecule has 1 saturated heterocycles. The molecule has 0 aliphatic carbocycles. The van der Waals surface area contributed by atoms with Gasteiger partial charge in [-0.25, -0.2) is 0 Å². The van der Waals surface area contributed by atoms with Crippen molar-refractivity contribution in [1.82, 2.24) is 4.90 Å². The van der Waals surface area contributed by atoms with Crippen molar-refractivity contribution in [3.8, 4) is 11.5 Å². The number of aliphatic hydroxyl groups is 1. The Morgan fingerprint density at radius 3 is 2.50 bits per heavy atom. The Morgan fingerprint density at radius 2 is 1.84 bits per heavy atom. The molecule has 176 valence electrons. The fraction of sp³-hybridized carbons (Fsp3) is 0.538. The summed E-state index contributed by atoms with van der Waals surface area (Å²) in [7, 11) is 0. The summed E-state index contributed by atoms with van der Waals surface area (Å²) in [5.74, 6) is 1.94. The van der Waals surface area contributed by atoms with E-state index in [4.69, 9.17) is 9.47 Å². The van der Waals surface area contributed by atoms with Gasteiger partial charge in [0.05, 0.1) is 18.2 Å². The van der Waals surface area contributed by atoms with Gasteiger partial charge in [0.1, 0.15) is 11.5 Å². The van der Waals surface area contributed by atoms with Crippen molar-refractivity contribution in [2.24, 2.45) is 0 Å². The second kappa shape index (κ2) is 11.1. The average Bonchev–Trinajstić information content (AvgIpc) is 3.39. The van der Waals surface area contributed by atoms with Crippen molar-refractivity contribution in [1.29, 1.82) is 0 Å². The fourth-order valence-corrected chi connectivity index (χ4v) is 6.15. The molecule has 2 aliphatic rings. The topological polar surface area (TPSA) is 41.9 Å². The molecule has 0 radical (unpaired) electrons. The lowest BCUT2D eigenvalue weighted by molar-refractivity contribution is 0.0596. The minimum Gasteiger partial charge on any atom is -0.494 e. The van der Waals surface area contributed by atoms with E-state index in [1.807, 2.05) is 18.7 Å². The first kappa shape index (κ1) is 25.2. The number of hydrogen-bond acceptors (Lipinski definition) is 5. The van der Waals surface area contributed by atoms with Gasteiger partial charge in [-0.2, -0.15) is 0 Å². The highest BCUT2D eigenvalue weighted by molar-refractivity contribution is 8.00. The van der Waals surface area contributed by atoms with E-state index < -0.39 is 0 Å². The molecule has 0 amide bonds. The third-order valence-corrected chi connectivity index (χ3v) is 8.40. The first-order chi connectivity index (χ1) is 15.1. The zero-order valence-electron chi connectivity index (χ0n) is 19.4. The number of benzene rings is 2. The van der Waals surface area contributed by atoms with E-state index in [0.29, 0.717) is 12.6 Å². The van der Waals surface area contributed by atoms with Crippen LogP contribution >= 0.6 is 24.2 Å². The van der Waals surface area contributed by atoms with E-state index in [-0.39, 0.29) is 30.1 Å². The number of ether oxygens (including phenoxy) is 2. The lowest BCUT2D eigenvalue weighted by Crippen LogP contribution is -2.32. The van der Waals surface area contributed by atoms with Gasteiger partial charge >= 0.3 is 0 Å². The third kappa shape index (κ3) is 5.22. The number of aliphatic hydroxyl groups excluding tert-OH is 1. The fourth-order valence-electron chi connectivity index (χ4n) is 4.93. The number of fused-ring (bicyclic) bond motifs is 1. The molecular weight excluding hydrogens is 442 g/mol. The molecule has 0 spiro atoms. The second-order valence-electron chi connectivity index (χ2n) is 8.55. The van der Waals surface area contributed by atoms with Crippen molar-refractivity contribution in [2.45, 2.75) is 81.2 Å². The van der Waals surface area contributed by atoms with Crippen LogP contribution in [0.3, 0.4) is 0 Å². The summed E-state index contributed by atoms with van der Waals surface area (Å²) < 4.78 is 11.8. The van der Waals surface area contributed by atoms with Crippen molar-refractivity contribution in [2.75, 3.05) is 13.3 Å². The predicted molar refractivity (Wildman–Crippen MR) is 134 cm³/mol. The van der Waals surface area contributed by atoms with E-state index in [2.05, 4.69) is 61.2 Å². The second-order valence-corrected chi connectivity index (χ2v) is 9.93. The average molecular weight is 478 g/mol. The quantitative estimate of drug-likeness (QED) is 0.440. The summed E-state index contributed by atoms with van der Waals surface area (Å²) in [6.45, 7) is 7.20. The predicted octanol–water partition coefficient (Wildman–Crippen LogP) is 6.60. The number of halogens is 1. The standard InChI is InChI=1S/C26H35NO3S.ClH/c1-4-26(5-2)30-24-16-10-20(17-25(24)31-26)23-15-12-21(27(23)18-28)11-7-19-8-13-22(14-9-19)29-6-3;/h8-10,13-14,16-17,21,23,28H,4-7,11-12,15,18H2,1-3H3;1H. The van der Waals surface area contributed by atoms with Crippen LogP contribution in [0, 0.1) is 0 Å². The number of rotatable bonds is 9. The van der Waals surface area contributed by atoms with E-state index >= 15 is 0 Å². The number of nitrogens with zero attached hydrogens (tertiary/aromatic N) is 1. The Hall–Kier alpha value is -1.40. The summed E-state index contributed by atoms with van der Waals surface area (Å²) in [6, 6.07) is 15.7. The highest BCUT2D eigenvalue weighted by Gasteiger charge is 2.39. The summed E-state index contributed by atoms with van der Waals surface area (Å²) in [4.78, 5) is 3.41. The van der Waals surface area contributed by atoms with Gasteiger partial charge in [0, 0.05) is 12.1 Å². The van der Waals surface area contributed by atoms with Crippen LogP contribution in [0.2, 0.25) is 0 Å². The molecule has 1 fully saturated rings. The van der Waals surface area contributed by atoms with Crippen molar-refractivity contribution in [3.05, 3.63) is 53.6 Å². The monoisotopic (exact) mass is 477 g/mol. The maximum atomic E-state index is 10.2. The van der Waals surface area contributed by atoms with Gasteiger partial charge < -0.3 is 14.6 Å². The van der Waals surface area contributed by atoms with E-state index in [1.165, 1.54) is 16.0 Å². The molecule has 32 heavy (non-hydrogen) atoms. The largest absolute Gasteiger partial charge is 0.494 e. The number of aryl methyl sites for hydroxylation is 1. The normalized spacial score (nSPS) is 21.6. The smallest absolute Gasteiger partial charge is 0.158 e. The van der Waals surface area contributed by atoms with Crippen LogP contribution in [0.1, 0.15) is 70.0 Å². The Bertz CT molecular complexity index is 872. The van der Waals surface area contributed by atoms with Crippen LogP contribution < -0.4 is 9.47 Å². The highest BCUT2D eigenvalue weighted by Crippen LogP contribution is 2.52. The van der Waals surface area contributed by atoms with E-state index in [0.717, 1.165) is 50.0 Å². The molecular formula is C26H36ClNO3S. The summed E-state index contributed by atoms with van der Waals surface area (Å²) >= 11 is 1.86. The molecule has 2 aromatic rings. The summed E-state index contributed by atoms with van der Waals surface area (Å²) in [5.41, 5.74) is 2.63.